The molecule has 0 bridgehead atoms. The summed E-state index contributed by atoms with van der Waals surface area (Å²) in [5.41, 5.74) is 1.67. The number of hydrogen-bond donors (Lipinski definition) is 2. The minimum absolute atomic E-state index is 0.254. The summed E-state index contributed by atoms with van der Waals surface area (Å²) in [6, 6.07) is 9.75. The number of halogens is 2. The topological polar surface area (TPSA) is 37.0 Å². The number of nitrogens with zero attached hydrogens (tertiary/aromatic N) is 1. The van der Waals surface area contributed by atoms with Crippen LogP contribution in [0.4, 0.5) is 10.2 Å². The van der Waals surface area contributed by atoms with Gasteiger partial charge < -0.3 is 10.6 Å². The number of rotatable bonds is 3. The van der Waals surface area contributed by atoms with Crippen molar-refractivity contribution in [1.82, 2.24) is 10.3 Å². The van der Waals surface area contributed by atoms with Gasteiger partial charge in [0, 0.05) is 6.54 Å². The molecule has 1 aromatic heterocycles. The van der Waals surface area contributed by atoms with Crippen LogP contribution in [0.2, 0.25) is 5.02 Å². The maximum Gasteiger partial charge on any atom is 0.172 e. The van der Waals surface area contributed by atoms with E-state index >= 15 is 0 Å². The van der Waals surface area contributed by atoms with Gasteiger partial charge in [-0.3, -0.25) is 0 Å². The molecule has 20 heavy (non-hydrogen) atoms. The highest BCUT2D eigenvalue weighted by Crippen LogP contribution is 2.15. The van der Waals surface area contributed by atoms with Crippen molar-refractivity contribution in [2.24, 2.45) is 0 Å². The third kappa shape index (κ3) is 4.15. The van der Waals surface area contributed by atoms with Crippen LogP contribution in [-0.2, 0) is 6.54 Å². The Bertz CT molecular complexity index is 616. The van der Waals surface area contributed by atoms with Crippen molar-refractivity contribution >= 4 is 34.7 Å². The molecule has 0 saturated heterocycles. The SMILES string of the molecule is Cc1nc(NC(=S)NCc2ccc(F)cc2)ccc1Cl. The Morgan fingerprint density at radius 1 is 1.25 bits per heavy atom. The minimum atomic E-state index is -0.254. The number of benzene rings is 1. The van der Waals surface area contributed by atoms with E-state index in [1.54, 1.807) is 24.3 Å². The third-order valence-corrected chi connectivity index (χ3v) is 3.28. The Kier molecular flexibility index (Phi) is 4.87. The summed E-state index contributed by atoms with van der Waals surface area (Å²) >= 11 is 11.1. The third-order valence-electron chi connectivity index (χ3n) is 2.63. The van der Waals surface area contributed by atoms with Crippen LogP contribution in [0.5, 0.6) is 0 Å². The van der Waals surface area contributed by atoms with Crippen LogP contribution in [0.25, 0.3) is 0 Å². The van der Waals surface area contributed by atoms with Gasteiger partial charge in [0.2, 0.25) is 0 Å². The molecule has 0 aliphatic carbocycles. The molecule has 2 rings (SSSR count). The van der Waals surface area contributed by atoms with Crippen molar-refractivity contribution in [3.8, 4) is 0 Å². The monoisotopic (exact) mass is 309 g/mol. The van der Waals surface area contributed by atoms with Crippen molar-refractivity contribution in [2.75, 3.05) is 5.32 Å². The summed E-state index contributed by atoms with van der Waals surface area (Å²) < 4.78 is 12.8. The van der Waals surface area contributed by atoms with E-state index in [-0.39, 0.29) is 5.82 Å². The molecule has 2 N–H and O–H groups in total. The lowest BCUT2D eigenvalue weighted by molar-refractivity contribution is 0.627. The van der Waals surface area contributed by atoms with Gasteiger partial charge >= 0.3 is 0 Å². The van der Waals surface area contributed by atoms with E-state index in [0.717, 1.165) is 11.3 Å². The number of aryl methyl sites for hydroxylation is 1. The second kappa shape index (κ2) is 6.63. The van der Waals surface area contributed by atoms with Gasteiger partial charge in [-0.25, -0.2) is 9.37 Å². The second-order valence-corrected chi connectivity index (χ2v) is 5.01. The largest absolute Gasteiger partial charge is 0.358 e. The molecular formula is C14H13ClFN3S. The van der Waals surface area contributed by atoms with Crippen LogP contribution < -0.4 is 10.6 Å². The summed E-state index contributed by atoms with van der Waals surface area (Å²) in [5.74, 6) is 0.374. The van der Waals surface area contributed by atoms with Crippen LogP contribution in [0.3, 0.4) is 0 Å². The fourth-order valence-corrected chi connectivity index (χ4v) is 1.84. The van der Waals surface area contributed by atoms with Crippen LogP contribution in [0, 0.1) is 12.7 Å². The molecule has 1 heterocycles. The first-order valence-corrected chi connectivity index (χ1v) is 6.75. The number of aromatic nitrogens is 1. The average Bonchev–Trinajstić information content (AvgIpc) is 2.42. The molecule has 104 valence electrons. The van der Waals surface area contributed by atoms with Crippen LogP contribution in [-0.4, -0.2) is 10.1 Å². The van der Waals surface area contributed by atoms with E-state index in [4.69, 9.17) is 23.8 Å². The highest BCUT2D eigenvalue weighted by Gasteiger charge is 2.02. The summed E-state index contributed by atoms with van der Waals surface area (Å²) in [7, 11) is 0. The van der Waals surface area contributed by atoms with Crippen LogP contribution >= 0.6 is 23.8 Å². The molecule has 0 atom stereocenters. The highest BCUT2D eigenvalue weighted by molar-refractivity contribution is 7.80. The fraction of sp³-hybridized carbons (Fsp3) is 0.143. The molecule has 0 aliphatic heterocycles. The van der Waals surface area contributed by atoms with Gasteiger partial charge in [0.25, 0.3) is 0 Å². The Balaban J connectivity index is 1.89. The molecular weight excluding hydrogens is 297 g/mol. The lowest BCUT2D eigenvalue weighted by Gasteiger charge is -2.10. The second-order valence-electron chi connectivity index (χ2n) is 4.20. The Morgan fingerprint density at radius 2 is 1.95 bits per heavy atom. The summed E-state index contributed by atoms with van der Waals surface area (Å²) in [4.78, 5) is 4.26. The van der Waals surface area contributed by atoms with Gasteiger partial charge in [-0.05, 0) is 49.0 Å². The predicted octanol–water partition coefficient (Wildman–Crippen LogP) is 3.67. The standard InChI is InChI=1S/C14H13ClFN3S/c1-9-12(15)6-7-13(18-9)19-14(20)17-8-10-2-4-11(16)5-3-10/h2-7H,8H2,1H3,(H2,17,18,19,20). The number of anilines is 1. The van der Waals surface area contributed by atoms with Gasteiger partial charge in [-0.2, -0.15) is 0 Å². The van der Waals surface area contributed by atoms with E-state index in [1.807, 2.05) is 6.92 Å². The van der Waals surface area contributed by atoms with Crippen LogP contribution in [0.15, 0.2) is 36.4 Å². The van der Waals surface area contributed by atoms with Crippen molar-refractivity contribution in [1.29, 1.82) is 0 Å². The van der Waals surface area contributed by atoms with E-state index in [2.05, 4.69) is 15.6 Å². The molecule has 0 fully saturated rings. The van der Waals surface area contributed by atoms with E-state index < -0.39 is 0 Å². The molecule has 0 unspecified atom stereocenters. The molecule has 0 spiro atoms. The zero-order valence-corrected chi connectivity index (χ0v) is 12.4. The first-order chi connectivity index (χ1) is 9.54. The fourth-order valence-electron chi connectivity index (χ4n) is 1.56. The first kappa shape index (κ1) is 14.7. The van der Waals surface area contributed by atoms with Crippen LogP contribution in [0.1, 0.15) is 11.3 Å². The Morgan fingerprint density at radius 3 is 2.60 bits per heavy atom. The first-order valence-electron chi connectivity index (χ1n) is 5.97. The van der Waals surface area contributed by atoms with Gasteiger partial charge in [-0.15, -0.1) is 0 Å². The normalized spacial score (nSPS) is 10.2. The van der Waals surface area contributed by atoms with Crippen molar-refractivity contribution in [3.63, 3.8) is 0 Å². The molecule has 0 radical (unpaired) electrons. The summed E-state index contributed by atoms with van der Waals surface area (Å²) in [6.07, 6.45) is 0. The molecule has 0 amide bonds. The highest BCUT2D eigenvalue weighted by atomic mass is 35.5. The van der Waals surface area contributed by atoms with Crippen molar-refractivity contribution in [2.45, 2.75) is 13.5 Å². The minimum Gasteiger partial charge on any atom is -0.358 e. The number of hydrogen-bond acceptors (Lipinski definition) is 2. The number of nitrogens with one attached hydrogen (secondary N) is 2. The molecule has 6 heteroatoms. The molecule has 3 nitrogen and oxygen atoms in total. The Labute approximate surface area is 127 Å². The zero-order valence-electron chi connectivity index (χ0n) is 10.8. The van der Waals surface area contributed by atoms with E-state index in [0.29, 0.717) is 22.5 Å². The maximum absolute atomic E-state index is 12.8. The van der Waals surface area contributed by atoms with Gasteiger partial charge in [0.15, 0.2) is 5.11 Å². The van der Waals surface area contributed by atoms with Crippen molar-refractivity contribution in [3.05, 3.63) is 58.5 Å². The molecule has 2 aromatic rings. The lowest BCUT2D eigenvalue weighted by Crippen LogP contribution is -2.28. The predicted molar refractivity (Wildman–Crippen MR) is 83.4 cm³/mol. The van der Waals surface area contributed by atoms with E-state index in [9.17, 15) is 4.39 Å². The number of thiocarbonyl (C=S) groups is 1. The molecule has 0 saturated carbocycles. The Hall–Kier alpha value is -1.72. The van der Waals surface area contributed by atoms with Gasteiger partial charge in [-0.1, -0.05) is 23.7 Å². The quantitative estimate of drug-likeness (QED) is 0.848. The summed E-state index contributed by atoms with van der Waals surface area (Å²) in [6.45, 7) is 2.33. The average molecular weight is 310 g/mol. The molecule has 1 aromatic carbocycles. The zero-order chi connectivity index (χ0) is 14.5. The van der Waals surface area contributed by atoms with Crippen molar-refractivity contribution < 1.29 is 4.39 Å². The number of pyridine rings is 1. The summed E-state index contributed by atoms with van der Waals surface area (Å²) in [5, 5.41) is 7.05. The smallest absolute Gasteiger partial charge is 0.172 e. The maximum atomic E-state index is 12.8. The van der Waals surface area contributed by atoms with Gasteiger partial charge in [0.1, 0.15) is 11.6 Å². The van der Waals surface area contributed by atoms with Gasteiger partial charge in [0.05, 0.1) is 10.7 Å². The molecule has 0 aliphatic rings. The van der Waals surface area contributed by atoms with E-state index in [1.165, 1.54) is 12.1 Å². The lowest BCUT2D eigenvalue weighted by atomic mass is 10.2.